The van der Waals surface area contributed by atoms with Crippen LogP contribution < -0.4 is 19.5 Å². The number of pyridine rings is 2. The minimum Gasteiger partial charge on any atom is -0.493 e. The summed E-state index contributed by atoms with van der Waals surface area (Å²) in [4.78, 5) is 27.6. The molecule has 38 heavy (non-hydrogen) atoms. The Balaban J connectivity index is 1.24. The molecular weight excluding hydrogens is 574 g/mol. The zero-order valence-corrected chi connectivity index (χ0v) is 23.1. The van der Waals surface area contributed by atoms with Gasteiger partial charge in [-0.3, -0.25) is 14.7 Å². The SMILES string of the molecule is COc1cc2c(Oc3ccc(NC(=O)c4csc(Br)n4)nc3)ccnc2cc1OCCCN1CCOCC1. The Morgan fingerprint density at radius 1 is 1.16 bits per heavy atom. The number of carbonyl (C=O) groups is 1. The number of halogens is 1. The minimum atomic E-state index is -0.334. The third-order valence-corrected chi connectivity index (χ3v) is 7.25. The first-order chi connectivity index (χ1) is 18.6. The fraction of sp³-hybridized carbons (Fsp3) is 0.308. The summed E-state index contributed by atoms with van der Waals surface area (Å²) >= 11 is 4.59. The molecule has 0 aliphatic carbocycles. The fourth-order valence-electron chi connectivity index (χ4n) is 3.96. The van der Waals surface area contributed by atoms with Crippen molar-refractivity contribution >= 4 is 49.9 Å². The van der Waals surface area contributed by atoms with E-state index in [0.717, 1.165) is 50.2 Å². The first-order valence-corrected chi connectivity index (χ1v) is 13.7. The molecule has 4 heterocycles. The third kappa shape index (κ3) is 6.57. The number of anilines is 1. The number of amides is 1. The van der Waals surface area contributed by atoms with Crippen LogP contribution in [0.2, 0.25) is 0 Å². The summed E-state index contributed by atoms with van der Waals surface area (Å²) in [7, 11) is 1.61. The molecular formula is C26H26BrN5O5S. The third-order valence-electron chi connectivity index (χ3n) is 5.88. The van der Waals surface area contributed by atoms with E-state index in [1.807, 2.05) is 12.1 Å². The maximum absolute atomic E-state index is 12.3. The zero-order chi connectivity index (χ0) is 26.3. The Bertz CT molecular complexity index is 1390. The number of thiazole rings is 1. The highest BCUT2D eigenvalue weighted by molar-refractivity contribution is 9.11. The van der Waals surface area contributed by atoms with E-state index in [1.54, 1.807) is 43.1 Å². The molecule has 12 heteroatoms. The van der Waals surface area contributed by atoms with Crippen molar-refractivity contribution in [1.29, 1.82) is 0 Å². The Labute approximate surface area is 232 Å². The number of aromatic nitrogens is 3. The van der Waals surface area contributed by atoms with Crippen LogP contribution in [-0.4, -0.2) is 72.3 Å². The van der Waals surface area contributed by atoms with Crippen molar-refractivity contribution in [1.82, 2.24) is 19.9 Å². The number of methoxy groups -OCH3 is 1. The van der Waals surface area contributed by atoms with Crippen molar-refractivity contribution in [2.24, 2.45) is 0 Å². The largest absolute Gasteiger partial charge is 0.493 e. The number of morpholine rings is 1. The number of nitrogens with one attached hydrogen (secondary N) is 1. The van der Waals surface area contributed by atoms with Crippen LogP contribution in [0.3, 0.4) is 0 Å². The lowest BCUT2D eigenvalue weighted by molar-refractivity contribution is 0.0357. The molecule has 0 bridgehead atoms. The molecule has 4 aromatic rings. The van der Waals surface area contributed by atoms with E-state index in [2.05, 4.69) is 41.1 Å². The number of fused-ring (bicyclic) bond motifs is 1. The van der Waals surface area contributed by atoms with Gasteiger partial charge in [0.2, 0.25) is 0 Å². The Morgan fingerprint density at radius 3 is 2.76 bits per heavy atom. The van der Waals surface area contributed by atoms with Crippen LogP contribution in [0.15, 0.2) is 52.0 Å². The number of ether oxygens (including phenoxy) is 4. The minimum absolute atomic E-state index is 0.321. The summed E-state index contributed by atoms with van der Waals surface area (Å²) < 4.78 is 23.8. The van der Waals surface area contributed by atoms with Crippen LogP contribution in [0.5, 0.6) is 23.0 Å². The van der Waals surface area contributed by atoms with Gasteiger partial charge in [0.25, 0.3) is 5.91 Å². The summed E-state index contributed by atoms with van der Waals surface area (Å²) in [5, 5.41) is 5.16. The average Bonchev–Trinajstić information content (AvgIpc) is 3.39. The van der Waals surface area contributed by atoms with E-state index in [4.69, 9.17) is 18.9 Å². The second-order valence-electron chi connectivity index (χ2n) is 8.41. The molecule has 1 aliphatic heterocycles. The Kier molecular flexibility index (Phi) is 8.64. The molecule has 0 atom stereocenters. The topological polar surface area (TPSA) is 108 Å². The molecule has 3 aromatic heterocycles. The van der Waals surface area contributed by atoms with Gasteiger partial charge in [-0.05, 0) is 46.6 Å². The number of nitrogens with zero attached hydrogens (tertiary/aromatic N) is 4. The fourth-order valence-corrected chi connectivity index (χ4v) is 4.95. The van der Waals surface area contributed by atoms with Gasteiger partial charge in [0.15, 0.2) is 15.4 Å². The molecule has 1 aliphatic rings. The standard InChI is InChI=1S/C26H26BrN5O5S/c1-34-22-13-18-19(14-23(22)36-10-2-7-32-8-11-35-12-9-32)28-6-5-21(18)37-17-3-4-24(29-15-17)31-25(33)20-16-38-26(27)30-20/h3-6,13-16H,2,7-12H2,1H3,(H,29,31,33). The van der Waals surface area contributed by atoms with E-state index in [1.165, 1.54) is 11.3 Å². The lowest BCUT2D eigenvalue weighted by Gasteiger charge is -2.26. The molecule has 1 amide bonds. The van der Waals surface area contributed by atoms with E-state index >= 15 is 0 Å². The number of hydrogen-bond donors (Lipinski definition) is 1. The van der Waals surface area contributed by atoms with Crippen LogP contribution in [0, 0.1) is 0 Å². The van der Waals surface area contributed by atoms with Gasteiger partial charge in [0.05, 0.1) is 38.6 Å². The normalized spacial score (nSPS) is 13.8. The van der Waals surface area contributed by atoms with Crippen LogP contribution in [0.1, 0.15) is 16.9 Å². The number of rotatable bonds is 10. The molecule has 1 fully saturated rings. The van der Waals surface area contributed by atoms with Crippen LogP contribution >= 0.6 is 27.3 Å². The lowest BCUT2D eigenvalue weighted by atomic mass is 10.2. The Hall–Kier alpha value is -3.32. The van der Waals surface area contributed by atoms with E-state index < -0.39 is 0 Å². The van der Waals surface area contributed by atoms with Gasteiger partial charge < -0.3 is 24.3 Å². The van der Waals surface area contributed by atoms with Crippen molar-refractivity contribution in [3.63, 3.8) is 0 Å². The highest BCUT2D eigenvalue weighted by Gasteiger charge is 2.14. The van der Waals surface area contributed by atoms with Crippen molar-refractivity contribution in [2.75, 3.05) is 51.9 Å². The number of benzene rings is 1. The van der Waals surface area contributed by atoms with E-state index in [-0.39, 0.29) is 5.91 Å². The molecule has 0 unspecified atom stereocenters. The van der Waals surface area contributed by atoms with Gasteiger partial charge in [-0.1, -0.05) is 0 Å². The van der Waals surface area contributed by atoms with Crippen LogP contribution in [-0.2, 0) is 4.74 Å². The molecule has 1 aromatic carbocycles. The summed E-state index contributed by atoms with van der Waals surface area (Å²) in [6, 6.07) is 8.91. The van der Waals surface area contributed by atoms with Crippen molar-refractivity contribution in [2.45, 2.75) is 6.42 Å². The predicted molar refractivity (Wildman–Crippen MR) is 148 cm³/mol. The average molecular weight is 600 g/mol. The molecule has 198 valence electrons. The number of carbonyl (C=O) groups excluding carboxylic acids is 1. The molecule has 0 saturated carbocycles. The summed E-state index contributed by atoms with van der Waals surface area (Å²) in [5.41, 5.74) is 1.04. The maximum Gasteiger partial charge on any atom is 0.276 e. The van der Waals surface area contributed by atoms with Gasteiger partial charge in [-0.25, -0.2) is 9.97 Å². The van der Waals surface area contributed by atoms with Crippen LogP contribution in [0.4, 0.5) is 5.82 Å². The van der Waals surface area contributed by atoms with Crippen molar-refractivity contribution in [3.8, 4) is 23.0 Å². The first kappa shape index (κ1) is 26.3. The monoisotopic (exact) mass is 599 g/mol. The predicted octanol–water partition coefficient (Wildman–Crippen LogP) is 5.00. The van der Waals surface area contributed by atoms with E-state index in [9.17, 15) is 4.79 Å². The number of hydrogen-bond acceptors (Lipinski definition) is 10. The summed E-state index contributed by atoms with van der Waals surface area (Å²) in [6.45, 7) is 5.04. The molecule has 0 radical (unpaired) electrons. The lowest BCUT2D eigenvalue weighted by Crippen LogP contribution is -2.37. The molecule has 10 nitrogen and oxygen atoms in total. The zero-order valence-electron chi connectivity index (χ0n) is 20.7. The first-order valence-electron chi connectivity index (χ1n) is 12.0. The summed E-state index contributed by atoms with van der Waals surface area (Å²) in [6.07, 6.45) is 4.13. The highest BCUT2D eigenvalue weighted by atomic mass is 79.9. The summed E-state index contributed by atoms with van der Waals surface area (Å²) in [5.74, 6) is 2.40. The van der Waals surface area contributed by atoms with E-state index in [0.29, 0.717) is 45.0 Å². The van der Waals surface area contributed by atoms with Gasteiger partial charge in [-0.2, -0.15) is 0 Å². The van der Waals surface area contributed by atoms with Gasteiger partial charge in [0.1, 0.15) is 23.0 Å². The van der Waals surface area contributed by atoms with Crippen molar-refractivity contribution in [3.05, 3.63) is 57.7 Å². The quantitative estimate of drug-likeness (QED) is 0.252. The van der Waals surface area contributed by atoms with Crippen LogP contribution in [0.25, 0.3) is 10.9 Å². The Morgan fingerprint density at radius 2 is 2.03 bits per heavy atom. The second kappa shape index (κ2) is 12.5. The van der Waals surface area contributed by atoms with Crippen molar-refractivity contribution < 1.29 is 23.7 Å². The smallest absolute Gasteiger partial charge is 0.276 e. The van der Waals surface area contributed by atoms with Gasteiger partial charge in [0, 0.05) is 42.7 Å². The maximum atomic E-state index is 12.3. The van der Waals surface area contributed by atoms with Gasteiger partial charge >= 0.3 is 0 Å². The molecule has 1 N–H and O–H groups in total. The molecule has 5 rings (SSSR count). The van der Waals surface area contributed by atoms with Gasteiger partial charge in [-0.15, -0.1) is 11.3 Å². The second-order valence-corrected chi connectivity index (χ2v) is 10.5. The molecule has 1 saturated heterocycles. The molecule has 0 spiro atoms. The highest BCUT2D eigenvalue weighted by Crippen LogP contribution is 2.37.